The van der Waals surface area contributed by atoms with E-state index in [1.165, 1.54) is 0 Å². The average Bonchev–Trinajstić information content (AvgIpc) is 2.14. The molecule has 1 aromatic rings. The minimum absolute atomic E-state index is 0.0545. The molecule has 0 saturated heterocycles. The van der Waals surface area contributed by atoms with E-state index in [0.29, 0.717) is 0 Å². The Bertz CT molecular complexity index is 350. The van der Waals surface area contributed by atoms with Crippen molar-refractivity contribution in [1.82, 2.24) is 0 Å². The van der Waals surface area contributed by atoms with Gasteiger partial charge in [-0.05, 0) is 43.0 Å². The van der Waals surface area contributed by atoms with Crippen LogP contribution in [-0.2, 0) is 0 Å². The monoisotopic (exact) mass is 213 g/mol. The molecule has 0 aliphatic carbocycles. The lowest BCUT2D eigenvalue weighted by Crippen LogP contribution is -2.17. The predicted octanol–water partition coefficient (Wildman–Crippen LogP) is 2.26. The quantitative estimate of drug-likeness (QED) is 0.792. The Hall–Kier alpha value is -0.570. The number of aryl methyl sites for hydroxylation is 2. The third kappa shape index (κ3) is 1.92. The number of benzene rings is 1. The summed E-state index contributed by atoms with van der Waals surface area (Å²) in [5, 5.41) is 9.77. The molecule has 0 heterocycles. The van der Waals surface area contributed by atoms with Gasteiger partial charge < -0.3 is 10.8 Å². The van der Waals surface area contributed by atoms with Crippen molar-refractivity contribution in [1.29, 1.82) is 0 Å². The standard InChI is InChI=1S/C11H16ClNO/c1-6-4-7(2)11(12)8(3)10(6)9(13)5-14/h4,9,14H,5,13H2,1-3H3. The van der Waals surface area contributed by atoms with Crippen molar-refractivity contribution < 1.29 is 5.11 Å². The molecule has 0 aliphatic heterocycles. The van der Waals surface area contributed by atoms with Crippen LogP contribution in [0.2, 0.25) is 5.02 Å². The second kappa shape index (κ2) is 4.30. The Kier molecular flexibility index (Phi) is 3.53. The highest BCUT2D eigenvalue weighted by molar-refractivity contribution is 6.32. The maximum absolute atomic E-state index is 9.03. The Morgan fingerprint density at radius 2 is 1.93 bits per heavy atom. The molecule has 0 aliphatic rings. The van der Waals surface area contributed by atoms with Gasteiger partial charge >= 0.3 is 0 Å². The SMILES string of the molecule is Cc1cc(C)c(C(N)CO)c(C)c1Cl. The minimum Gasteiger partial charge on any atom is -0.394 e. The lowest BCUT2D eigenvalue weighted by atomic mass is 9.95. The van der Waals surface area contributed by atoms with Crippen molar-refractivity contribution in [3.63, 3.8) is 0 Å². The summed E-state index contributed by atoms with van der Waals surface area (Å²) in [7, 11) is 0. The highest BCUT2D eigenvalue weighted by Crippen LogP contribution is 2.29. The number of halogens is 1. The number of aliphatic hydroxyl groups excluding tert-OH is 1. The summed E-state index contributed by atoms with van der Waals surface area (Å²) in [6, 6.07) is 1.66. The van der Waals surface area contributed by atoms with Crippen molar-refractivity contribution >= 4 is 11.6 Å². The van der Waals surface area contributed by atoms with Crippen LogP contribution in [0.3, 0.4) is 0 Å². The maximum atomic E-state index is 9.03. The van der Waals surface area contributed by atoms with Gasteiger partial charge in [0.05, 0.1) is 12.6 Å². The zero-order valence-electron chi connectivity index (χ0n) is 8.76. The Morgan fingerprint density at radius 1 is 1.36 bits per heavy atom. The van der Waals surface area contributed by atoms with Gasteiger partial charge in [0.1, 0.15) is 0 Å². The van der Waals surface area contributed by atoms with Crippen molar-refractivity contribution in [3.8, 4) is 0 Å². The smallest absolute Gasteiger partial charge is 0.0624 e. The fourth-order valence-corrected chi connectivity index (χ4v) is 1.99. The summed E-state index contributed by atoms with van der Waals surface area (Å²) in [6.07, 6.45) is 0. The molecule has 0 spiro atoms. The van der Waals surface area contributed by atoms with Crippen molar-refractivity contribution in [2.75, 3.05) is 6.61 Å². The van der Waals surface area contributed by atoms with E-state index in [-0.39, 0.29) is 12.6 Å². The summed E-state index contributed by atoms with van der Waals surface area (Å²) < 4.78 is 0. The molecular weight excluding hydrogens is 198 g/mol. The summed E-state index contributed by atoms with van der Waals surface area (Å²) in [6.45, 7) is 5.84. The molecule has 14 heavy (non-hydrogen) atoms. The fraction of sp³-hybridized carbons (Fsp3) is 0.455. The van der Waals surface area contributed by atoms with Gasteiger partial charge in [-0.3, -0.25) is 0 Å². The first-order valence-electron chi connectivity index (χ1n) is 4.61. The van der Waals surface area contributed by atoms with Crippen LogP contribution in [0.5, 0.6) is 0 Å². The largest absolute Gasteiger partial charge is 0.394 e. The number of rotatable bonds is 2. The van der Waals surface area contributed by atoms with E-state index in [1.54, 1.807) is 0 Å². The van der Waals surface area contributed by atoms with Gasteiger partial charge in [-0.15, -0.1) is 0 Å². The highest BCUT2D eigenvalue weighted by atomic mass is 35.5. The van der Waals surface area contributed by atoms with Gasteiger partial charge in [0.25, 0.3) is 0 Å². The molecule has 78 valence electrons. The van der Waals surface area contributed by atoms with Gasteiger partial charge in [-0.25, -0.2) is 0 Å². The molecule has 2 nitrogen and oxygen atoms in total. The summed E-state index contributed by atoms with van der Waals surface area (Å²) >= 11 is 6.12. The summed E-state index contributed by atoms with van der Waals surface area (Å²) in [4.78, 5) is 0. The topological polar surface area (TPSA) is 46.2 Å². The van der Waals surface area contributed by atoms with E-state index < -0.39 is 0 Å². The predicted molar refractivity (Wildman–Crippen MR) is 59.7 cm³/mol. The normalized spacial score (nSPS) is 13.0. The molecular formula is C11H16ClNO. The second-order valence-electron chi connectivity index (χ2n) is 3.65. The maximum Gasteiger partial charge on any atom is 0.0624 e. The lowest BCUT2D eigenvalue weighted by Gasteiger charge is -2.17. The molecule has 1 rings (SSSR count). The molecule has 0 saturated carbocycles. The van der Waals surface area contributed by atoms with Crippen LogP contribution < -0.4 is 5.73 Å². The van der Waals surface area contributed by atoms with Crippen molar-refractivity contribution in [2.24, 2.45) is 5.73 Å². The van der Waals surface area contributed by atoms with E-state index in [9.17, 15) is 0 Å². The van der Waals surface area contributed by atoms with Gasteiger partial charge in [0, 0.05) is 5.02 Å². The van der Waals surface area contributed by atoms with Crippen molar-refractivity contribution in [2.45, 2.75) is 26.8 Å². The van der Waals surface area contributed by atoms with Crippen LogP contribution in [0.25, 0.3) is 0 Å². The van der Waals surface area contributed by atoms with E-state index in [1.807, 2.05) is 26.8 Å². The zero-order chi connectivity index (χ0) is 10.9. The third-order valence-corrected chi connectivity index (χ3v) is 3.09. The minimum atomic E-state index is -0.340. The van der Waals surface area contributed by atoms with E-state index in [0.717, 1.165) is 27.3 Å². The third-order valence-electron chi connectivity index (χ3n) is 2.50. The van der Waals surface area contributed by atoms with Crippen LogP contribution in [0.15, 0.2) is 6.07 Å². The zero-order valence-corrected chi connectivity index (χ0v) is 9.52. The summed E-state index contributed by atoms with van der Waals surface area (Å²) in [5.41, 5.74) is 9.89. The van der Waals surface area contributed by atoms with Gasteiger partial charge in [0.15, 0.2) is 0 Å². The molecule has 1 atom stereocenters. The van der Waals surface area contributed by atoms with Crippen LogP contribution in [-0.4, -0.2) is 11.7 Å². The Balaban J connectivity index is 3.36. The number of hydrogen-bond acceptors (Lipinski definition) is 2. The lowest BCUT2D eigenvalue weighted by molar-refractivity contribution is 0.267. The molecule has 0 fully saturated rings. The van der Waals surface area contributed by atoms with Gasteiger partial charge in [-0.2, -0.15) is 0 Å². The molecule has 0 aromatic heterocycles. The first-order valence-corrected chi connectivity index (χ1v) is 4.99. The second-order valence-corrected chi connectivity index (χ2v) is 4.03. The van der Waals surface area contributed by atoms with Crippen molar-refractivity contribution in [3.05, 3.63) is 33.3 Å². The molecule has 1 aromatic carbocycles. The molecule has 0 amide bonds. The Morgan fingerprint density at radius 3 is 2.43 bits per heavy atom. The molecule has 0 radical (unpaired) electrons. The van der Waals surface area contributed by atoms with Crippen LogP contribution in [0.4, 0.5) is 0 Å². The summed E-state index contributed by atoms with van der Waals surface area (Å²) in [5.74, 6) is 0. The van der Waals surface area contributed by atoms with Crippen LogP contribution in [0, 0.1) is 20.8 Å². The van der Waals surface area contributed by atoms with E-state index in [4.69, 9.17) is 22.4 Å². The highest BCUT2D eigenvalue weighted by Gasteiger charge is 2.14. The number of aliphatic hydroxyl groups is 1. The Labute approximate surface area is 89.7 Å². The number of hydrogen-bond donors (Lipinski definition) is 2. The van der Waals surface area contributed by atoms with Crippen LogP contribution >= 0.6 is 11.6 Å². The fourth-order valence-electron chi connectivity index (χ4n) is 1.84. The molecule has 3 heteroatoms. The van der Waals surface area contributed by atoms with Crippen LogP contribution in [0.1, 0.15) is 28.3 Å². The van der Waals surface area contributed by atoms with E-state index in [2.05, 4.69) is 0 Å². The first kappa shape index (κ1) is 11.5. The molecule has 1 unspecified atom stereocenters. The molecule has 0 bridgehead atoms. The van der Waals surface area contributed by atoms with Gasteiger partial charge in [-0.1, -0.05) is 17.7 Å². The molecule has 3 N–H and O–H groups in total. The van der Waals surface area contributed by atoms with Gasteiger partial charge in [0.2, 0.25) is 0 Å². The first-order chi connectivity index (χ1) is 6.49. The van der Waals surface area contributed by atoms with E-state index >= 15 is 0 Å². The average molecular weight is 214 g/mol. The number of nitrogens with two attached hydrogens (primary N) is 1.